The van der Waals surface area contributed by atoms with Crippen LogP contribution in [-0.2, 0) is 0 Å². The van der Waals surface area contributed by atoms with Crippen LogP contribution in [0.15, 0.2) is 36.9 Å². The van der Waals surface area contributed by atoms with Gasteiger partial charge in [-0.15, -0.1) is 0 Å². The average molecular weight is 327 g/mol. The lowest BCUT2D eigenvalue weighted by Gasteiger charge is -2.29. The molecule has 0 spiro atoms. The van der Waals surface area contributed by atoms with Crippen molar-refractivity contribution in [2.24, 2.45) is 5.92 Å². The van der Waals surface area contributed by atoms with Crippen LogP contribution in [0.5, 0.6) is 5.88 Å². The Morgan fingerprint density at radius 3 is 3.00 bits per heavy atom. The van der Waals surface area contributed by atoms with E-state index in [1.54, 1.807) is 6.33 Å². The van der Waals surface area contributed by atoms with Crippen molar-refractivity contribution in [3.8, 4) is 5.88 Å². The second-order valence-electron chi connectivity index (χ2n) is 6.29. The van der Waals surface area contributed by atoms with Gasteiger partial charge >= 0.3 is 0 Å². The first-order valence-corrected chi connectivity index (χ1v) is 8.45. The topological polar surface area (TPSA) is 54.4 Å². The minimum absolute atomic E-state index is 0.398. The maximum atomic E-state index is 5.48. The van der Waals surface area contributed by atoms with E-state index >= 15 is 0 Å². The second kappa shape index (κ2) is 7.57. The number of ether oxygens (including phenoxy) is 1. The first-order valence-electron chi connectivity index (χ1n) is 8.45. The Morgan fingerprint density at radius 1 is 1.38 bits per heavy atom. The lowest BCUT2D eigenvalue weighted by Crippen LogP contribution is -2.30. The minimum Gasteiger partial charge on any atom is -0.478 e. The van der Waals surface area contributed by atoms with Gasteiger partial charge in [-0.1, -0.05) is 6.07 Å². The molecule has 128 valence electrons. The molecule has 24 heavy (non-hydrogen) atoms. The third-order valence-corrected chi connectivity index (χ3v) is 4.62. The first-order chi connectivity index (χ1) is 11.7. The number of aromatic nitrogens is 3. The maximum absolute atomic E-state index is 5.48. The number of nitrogens with zero attached hydrogens (tertiary/aromatic N) is 5. The van der Waals surface area contributed by atoms with Gasteiger partial charge in [0.05, 0.1) is 6.61 Å². The molecule has 0 radical (unpaired) electrons. The molecule has 1 aliphatic rings. The summed E-state index contributed by atoms with van der Waals surface area (Å²) in [6.45, 7) is 4.60. The van der Waals surface area contributed by atoms with Crippen molar-refractivity contribution in [2.75, 3.05) is 38.7 Å². The monoisotopic (exact) mass is 327 g/mol. The zero-order chi connectivity index (χ0) is 16.9. The fourth-order valence-corrected chi connectivity index (χ4v) is 3.51. The standard InChI is InChI=1S/C18H25N5O/c1-4-24-17-10-16(20-13-21-17)23(3)12-15-7-9-22(2)18(15)14-6-5-8-19-11-14/h5-6,8,10-11,13,15,18H,4,7,9,12H2,1-3H3/t15-,18-/m0/s1. The number of rotatable bonds is 6. The van der Waals surface area contributed by atoms with E-state index in [4.69, 9.17) is 4.74 Å². The van der Waals surface area contributed by atoms with Crippen molar-refractivity contribution in [2.45, 2.75) is 19.4 Å². The van der Waals surface area contributed by atoms with Crippen molar-refractivity contribution in [3.63, 3.8) is 0 Å². The molecule has 0 bridgehead atoms. The van der Waals surface area contributed by atoms with Crippen LogP contribution in [0.3, 0.4) is 0 Å². The fourth-order valence-electron chi connectivity index (χ4n) is 3.51. The van der Waals surface area contributed by atoms with Crippen LogP contribution in [0, 0.1) is 5.92 Å². The quantitative estimate of drug-likeness (QED) is 0.812. The molecule has 2 aromatic heterocycles. The molecule has 6 heteroatoms. The van der Waals surface area contributed by atoms with Gasteiger partial charge in [0.15, 0.2) is 0 Å². The molecule has 2 aromatic rings. The van der Waals surface area contributed by atoms with Crippen molar-refractivity contribution < 1.29 is 4.74 Å². The molecular weight excluding hydrogens is 302 g/mol. The zero-order valence-corrected chi connectivity index (χ0v) is 14.6. The van der Waals surface area contributed by atoms with Crippen LogP contribution >= 0.6 is 0 Å². The summed E-state index contributed by atoms with van der Waals surface area (Å²) in [5.74, 6) is 2.06. The zero-order valence-electron chi connectivity index (χ0n) is 14.6. The lowest BCUT2D eigenvalue weighted by molar-refractivity contribution is 0.277. The molecule has 0 aromatic carbocycles. The Hall–Kier alpha value is -2.21. The molecule has 2 atom stereocenters. The Morgan fingerprint density at radius 2 is 2.25 bits per heavy atom. The van der Waals surface area contributed by atoms with Crippen molar-refractivity contribution in [1.29, 1.82) is 0 Å². The highest BCUT2D eigenvalue weighted by atomic mass is 16.5. The summed E-state index contributed by atoms with van der Waals surface area (Å²) in [6.07, 6.45) is 6.55. The molecule has 6 nitrogen and oxygen atoms in total. The first kappa shape index (κ1) is 16.6. The van der Waals surface area contributed by atoms with Crippen molar-refractivity contribution in [1.82, 2.24) is 19.9 Å². The minimum atomic E-state index is 0.398. The van der Waals surface area contributed by atoms with Gasteiger partial charge in [-0.2, -0.15) is 0 Å². The van der Waals surface area contributed by atoms with Gasteiger partial charge in [-0.05, 0) is 44.5 Å². The molecular formula is C18H25N5O. The van der Waals surface area contributed by atoms with E-state index in [1.165, 1.54) is 12.0 Å². The predicted octanol–water partition coefficient (Wildman–Crippen LogP) is 2.40. The predicted molar refractivity (Wildman–Crippen MR) is 94.2 cm³/mol. The fraction of sp³-hybridized carbons (Fsp3) is 0.500. The van der Waals surface area contributed by atoms with Crippen LogP contribution in [0.2, 0.25) is 0 Å². The highest BCUT2D eigenvalue weighted by molar-refractivity contribution is 5.40. The summed E-state index contributed by atoms with van der Waals surface area (Å²) in [5, 5.41) is 0. The van der Waals surface area contributed by atoms with Crippen LogP contribution in [-0.4, -0.2) is 53.6 Å². The SMILES string of the molecule is CCOc1cc(N(C)C[C@@H]2CCN(C)[C@H]2c2cccnc2)ncn1. The Balaban J connectivity index is 1.73. The van der Waals surface area contributed by atoms with Crippen LogP contribution in [0.25, 0.3) is 0 Å². The maximum Gasteiger partial charge on any atom is 0.218 e. The molecule has 1 saturated heterocycles. The molecule has 3 rings (SSSR count). The van der Waals surface area contributed by atoms with E-state index in [2.05, 4.69) is 44.9 Å². The highest BCUT2D eigenvalue weighted by Crippen LogP contribution is 2.36. The van der Waals surface area contributed by atoms with E-state index < -0.39 is 0 Å². The molecule has 0 saturated carbocycles. The van der Waals surface area contributed by atoms with Crippen LogP contribution < -0.4 is 9.64 Å². The summed E-state index contributed by atoms with van der Waals surface area (Å²) in [6, 6.07) is 6.49. The van der Waals surface area contributed by atoms with E-state index in [9.17, 15) is 0 Å². The van der Waals surface area contributed by atoms with E-state index in [0.717, 1.165) is 18.9 Å². The third kappa shape index (κ3) is 3.64. The molecule has 0 amide bonds. The van der Waals surface area contributed by atoms with Crippen LogP contribution in [0.1, 0.15) is 24.9 Å². The van der Waals surface area contributed by atoms with Gasteiger partial charge in [0, 0.05) is 38.1 Å². The Labute approximate surface area is 143 Å². The number of pyridine rings is 1. The molecule has 0 N–H and O–H groups in total. The van der Waals surface area contributed by atoms with Gasteiger partial charge in [-0.3, -0.25) is 9.88 Å². The lowest BCUT2D eigenvalue weighted by atomic mass is 9.94. The van der Waals surface area contributed by atoms with Gasteiger partial charge in [0.1, 0.15) is 12.1 Å². The molecule has 0 aliphatic carbocycles. The molecule has 1 fully saturated rings. The molecule has 1 aliphatic heterocycles. The molecule has 3 heterocycles. The average Bonchev–Trinajstić information content (AvgIpc) is 2.96. The van der Waals surface area contributed by atoms with Gasteiger partial charge < -0.3 is 9.64 Å². The number of likely N-dealkylation sites (tertiary alicyclic amines) is 1. The van der Waals surface area contributed by atoms with E-state index in [1.807, 2.05) is 31.5 Å². The Kier molecular flexibility index (Phi) is 5.25. The number of anilines is 1. The van der Waals surface area contributed by atoms with Gasteiger partial charge in [0.2, 0.25) is 5.88 Å². The van der Waals surface area contributed by atoms with Gasteiger partial charge in [0.25, 0.3) is 0 Å². The Bertz CT molecular complexity index is 651. The van der Waals surface area contributed by atoms with Crippen molar-refractivity contribution in [3.05, 3.63) is 42.5 Å². The smallest absolute Gasteiger partial charge is 0.218 e. The van der Waals surface area contributed by atoms with Crippen LogP contribution in [0.4, 0.5) is 5.82 Å². The number of hydrogen-bond acceptors (Lipinski definition) is 6. The third-order valence-electron chi connectivity index (χ3n) is 4.62. The molecule has 0 unspecified atom stereocenters. The summed E-state index contributed by atoms with van der Waals surface area (Å²) < 4.78 is 5.48. The summed E-state index contributed by atoms with van der Waals surface area (Å²) in [7, 11) is 4.27. The van der Waals surface area contributed by atoms with E-state index in [0.29, 0.717) is 24.4 Å². The largest absolute Gasteiger partial charge is 0.478 e. The summed E-state index contributed by atoms with van der Waals surface area (Å²) in [5.41, 5.74) is 1.29. The van der Waals surface area contributed by atoms with E-state index in [-0.39, 0.29) is 0 Å². The summed E-state index contributed by atoms with van der Waals surface area (Å²) in [4.78, 5) is 17.4. The number of hydrogen-bond donors (Lipinski definition) is 0. The highest BCUT2D eigenvalue weighted by Gasteiger charge is 2.33. The van der Waals surface area contributed by atoms with Crippen molar-refractivity contribution >= 4 is 5.82 Å². The second-order valence-corrected chi connectivity index (χ2v) is 6.29. The van der Waals surface area contributed by atoms with Gasteiger partial charge in [-0.25, -0.2) is 9.97 Å². The normalized spacial score (nSPS) is 21.0. The summed E-state index contributed by atoms with van der Waals surface area (Å²) >= 11 is 0.